The molecule has 1 aliphatic carbocycles. The minimum atomic E-state index is -4.43. The summed E-state index contributed by atoms with van der Waals surface area (Å²) >= 11 is 3.53. The van der Waals surface area contributed by atoms with Gasteiger partial charge in [-0.1, -0.05) is 73.9 Å². The van der Waals surface area contributed by atoms with Gasteiger partial charge in [0.15, 0.2) is 0 Å². The maximum absolute atomic E-state index is 13.0. The van der Waals surface area contributed by atoms with Crippen molar-refractivity contribution in [1.82, 2.24) is 4.98 Å². The van der Waals surface area contributed by atoms with Gasteiger partial charge in [0.05, 0.1) is 17.4 Å². The topological polar surface area (TPSA) is 62.6 Å². The van der Waals surface area contributed by atoms with Gasteiger partial charge in [0.1, 0.15) is 6.10 Å². The Balaban J connectivity index is 0.000000775. The van der Waals surface area contributed by atoms with E-state index in [9.17, 15) is 23.4 Å². The fraction of sp³-hybridized carbons (Fsp3) is 0.676. The van der Waals surface area contributed by atoms with Crippen molar-refractivity contribution in [3.8, 4) is 0 Å². The van der Waals surface area contributed by atoms with Crippen LogP contribution in [0.25, 0.3) is 0 Å². The second-order valence-electron chi connectivity index (χ2n) is 12.8. The van der Waals surface area contributed by atoms with Crippen molar-refractivity contribution < 1.29 is 28.1 Å². The highest BCUT2D eigenvalue weighted by Crippen LogP contribution is 2.46. The van der Waals surface area contributed by atoms with Crippen LogP contribution in [0.4, 0.5) is 13.2 Å². The van der Waals surface area contributed by atoms with E-state index < -0.39 is 23.9 Å². The average molecular weight is 614 g/mol. The summed E-state index contributed by atoms with van der Waals surface area (Å²) in [6.07, 6.45) is -0.432. The van der Waals surface area contributed by atoms with Crippen molar-refractivity contribution in [2.45, 2.75) is 119 Å². The highest BCUT2D eigenvalue weighted by molar-refractivity contribution is 7.79. The zero-order valence-corrected chi connectivity index (χ0v) is 28.2. The number of rotatable bonds is 3. The van der Waals surface area contributed by atoms with E-state index in [0.29, 0.717) is 36.2 Å². The molecule has 2 aliphatic rings. The van der Waals surface area contributed by atoms with E-state index >= 15 is 0 Å². The largest absolute Gasteiger partial charge is 0.416 e. The second-order valence-corrected chi connectivity index (χ2v) is 12.8. The summed E-state index contributed by atoms with van der Waals surface area (Å²) in [5.74, 6) is 0.0917. The molecule has 1 aromatic carbocycles. The zero-order valence-electron chi connectivity index (χ0n) is 27.3. The lowest BCUT2D eigenvalue weighted by Gasteiger charge is -2.37. The van der Waals surface area contributed by atoms with E-state index in [1.54, 1.807) is 6.26 Å². The van der Waals surface area contributed by atoms with E-state index in [2.05, 4.69) is 54.2 Å². The molecule has 1 unspecified atom stereocenters. The molecule has 8 heteroatoms. The fourth-order valence-electron chi connectivity index (χ4n) is 5.20. The number of aliphatic hydroxyl groups is 2. The molecule has 4 rings (SSSR count). The Kier molecular flexibility index (Phi) is 15.1. The van der Waals surface area contributed by atoms with E-state index in [1.165, 1.54) is 18.6 Å². The number of ether oxygens (including phenoxy) is 1. The van der Waals surface area contributed by atoms with Crippen LogP contribution in [0.5, 0.6) is 0 Å². The third-order valence-electron chi connectivity index (χ3n) is 7.87. The Morgan fingerprint density at radius 3 is 2.00 bits per heavy atom. The molecule has 4 nitrogen and oxygen atoms in total. The Labute approximate surface area is 257 Å². The molecular weight excluding hydrogens is 559 g/mol. The minimum absolute atomic E-state index is 0.0909. The SMILES string of the molecule is CC.CCC(C)(C)C.CS.Cc1c2c(nc(C3CCOCC3)c1[C@@H](O)c1ccc(C(F)(F)F)cc1)CC(C)(C)CC2O. The van der Waals surface area contributed by atoms with Crippen LogP contribution in [0.2, 0.25) is 0 Å². The van der Waals surface area contributed by atoms with Gasteiger partial charge in [-0.3, -0.25) is 4.98 Å². The number of thiol groups is 1. The summed E-state index contributed by atoms with van der Waals surface area (Å²) < 4.78 is 44.5. The maximum atomic E-state index is 13.0. The van der Waals surface area contributed by atoms with Gasteiger partial charge in [0.25, 0.3) is 0 Å². The smallest absolute Gasteiger partial charge is 0.388 e. The first kappa shape index (κ1) is 38.4. The molecule has 0 saturated carbocycles. The maximum Gasteiger partial charge on any atom is 0.416 e. The number of hydrogen-bond acceptors (Lipinski definition) is 5. The van der Waals surface area contributed by atoms with Gasteiger partial charge >= 0.3 is 6.18 Å². The number of hydrogen-bond donors (Lipinski definition) is 3. The molecule has 240 valence electrons. The van der Waals surface area contributed by atoms with Crippen molar-refractivity contribution in [2.24, 2.45) is 10.8 Å². The minimum Gasteiger partial charge on any atom is -0.388 e. The first-order valence-electron chi connectivity index (χ1n) is 15.1. The zero-order chi connectivity index (χ0) is 32.5. The lowest BCUT2D eigenvalue weighted by molar-refractivity contribution is -0.137. The summed E-state index contributed by atoms with van der Waals surface area (Å²) in [4.78, 5) is 4.99. The number of halogens is 3. The molecule has 1 aromatic heterocycles. The van der Waals surface area contributed by atoms with E-state index in [1.807, 2.05) is 20.8 Å². The van der Waals surface area contributed by atoms with Gasteiger partial charge in [0.2, 0.25) is 0 Å². The van der Waals surface area contributed by atoms with Crippen molar-refractivity contribution in [3.63, 3.8) is 0 Å². The summed E-state index contributed by atoms with van der Waals surface area (Å²) in [6.45, 7) is 20.2. The second kappa shape index (κ2) is 16.5. The highest BCUT2D eigenvalue weighted by atomic mass is 32.1. The molecule has 1 fully saturated rings. The average Bonchev–Trinajstić information content (AvgIpc) is 2.94. The first-order valence-corrected chi connectivity index (χ1v) is 16.0. The summed E-state index contributed by atoms with van der Waals surface area (Å²) in [5.41, 5.74) is 3.85. The van der Waals surface area contributed by atoms with Gasteiger partial charge < -0.3 is 14.9 Å². The number of nitrogens with zero attached hydrogens (tertiary/aromatic N) is 1. The molecule has 0 radical (unpaired) electrons. The van der Waals surface area contributed by atoms with Gasteiger partial charge in [0, 0.05) is 36.0 Å². The van der Waals surface area contributed by atoms with E-state index in [0.717, 1.165) is 53.9 Å². The van der Waals surface area contributed by atoms with Crippen LogP contribution < -0.4 is 0 Å². The van der Waals surface area contributed by atoms with Gasteiger partial charge in [-0.05, 0) is 73.0 Å². The van der Waals surface area contributed by atoms with Crippen molar-refractivity contribution in [2.75, 3.05) is 19.5 Å². The Morgan fingerprint density at radius 2 is 1.55 bits per heavy atom. The molecule has 2 atom stereocenters. The van der Waals surface area contributed by atoms with Gasteiger partial charge in [-0.2, -0.15) is 25.8 Å². The standard InChI is InChI=1S/C25H30F3NO3.C6H14.C2H6.CH4S/c1-14-20-18(12-24(2,3)13-19(20)30)29-22(15-8-10-32-11-9-15)21(14)23(31)16-4-6-17(7-5-16)25(26,27)28;1-5-6(2,3)4;2*1-2/h4-7,15,19,23,30-31H,8-13H2,1-3H3;5H2,1-4H3;1-2H3;2H,1H3/t19?,23-;;;/m0.../s1. The summed E-state index contributed by atoms with van der Waals surface area (Å²) in [6, 6.07) is 4.62. The van der Waals surface area contributed by atoms with Crippen LogP contribution in [0.3, 0.4) is 0 Å². The molecule has 2 N–H and O–H groups in total. The highest BCUT2D eigenvalue weighted by Gasteiger charge is 2.37. The Bertz CT molecular complexity index is 1090. The number of aliphatic hydroxyl groups excluding tert-OH is 2. The van der Waals surface area contributed by atoms with Crippen LogP contribution in [-0.2, 0) is 17.3 Å². The van der Waals surface area contributed by atoms with E-state index in [-0.39, 0.29) is 11.3 Å². The van der Waals surface area contributed by atoms with Crippen LogP contribution in [-0.4, -0.2) is 34.7 Å². The normalized spacial score (nSPS) is 19.1. The molecule has 1 aliphatic heterocycles. The monoisotopic (exact) mass is 613 g/mol. The lowest BCUT2D eigenvalue weighted by Crippen LogP contribution is -2.30. The third-order valence-corrected chi connectivity index (χ3v) is 7.87. The molecule has 0 amide bonds. The van der Waals surface area contributed by atoms with Crippen LogP contribution in [0.15, 0.2) is 24.3 Å². The fourth-order valence-corrected chi connectivity index (χ4v) is 5.20. The van der Waals surface area contributed by atoms with Gasteiger partial charge in [-0.25, -0.2) is 0 Å². The van der Waals surface area contributed by atoms with Crippen LogP contribution in [0.1, 0.15) is 138 Å². The predicted octanol–water partition coefficient (Wildman–Crippen LogP) is 9.41. The number of alkyl halides is 3. The summed E-state index contributed by atoms with van der Waals surface area (Å²) in [7, 11) is 0. The molecule has 0 spiro atoms. The quantitative estimate of drug-likeness (QED) is 0.302. The number of aromatic nitrogens is 1. The molecule has 42 heavy (non-hydrogen) atoms. The lowest BCUT2D eigenvalue weighted by atomic mass is 9.72. The first-order chi connectivity index (χ1) is 19.5. The molecule has 2 heterocycles. The van der Waals surface area contributed by atoms with Crippen molar-refractivity contribution >= 4 is 12.6 Å². The van der Waals surface area contributed by atoms with Gasteiger partial charge in [-0.15, -0.1) is 0 Å². The van der Waals surface area contributed by atoms with Crippen LogP contribution >= 0.6 is 12.6 Å². The van der Waals surface area contributed by atoms with Crippen LogP contribution in [0, 0.1) is 17.8 Å². The predicted molar refractivity (Wildman–Crippen MR) is 170 cm³/mol. The Hall–Kier alpha value is -1.61. The molecular formula is C34H54F3NO3S. The van der Waals surface area contributed by atoms with Crippen molar-refractivity contribution in [1.29, 1.82) is 0 Å². The molecule has 2 aromatic rings. The number of pyridine rings is 1. The van der Waals surface area contributed by atoms with Crippen molar-refractivity contribution in [3.05, 3.63) is 63.5 Å². The Morgan fingerprint density at radius 1 is 1.05 bits per heavy atom. The third kappa shape index (κ3) is 10.5. The molecule has 0 bridgehead atoms. The number of benzene rings is 1. The molecule has 1 saturated heterocycles. The summed E-state index contributed by atoms with van der Waals surface area (Å²) in [5, 5.41) is 22.2. The number of fused-ring (bicyclic) bond motifs is 1. The van der Waals surface area contributed by atoms with E-state index in [4.69, 9.17) is 9.72 Å².